The SMILES string of the molecule is Cc1ccc2c3ccc(C(C)C)cc3n3c4cc([Si](C)(C)C)cc5nc[n+](C)c(c1c23)c54. The molecule has 160 valence electrons. The van der Waals surface area contributed by atoms with Crippen LogP contribution in [0.1, 0.15) is 30.9 Å². The van der Waals surface area contributed by atoms with Crippen molar-refractivity contribution in [2.75, 3.05) is 0 Å². The van der Waals surface area contributed by atoms with Gasteiger partial charge < -0.3 is 4.40 Å². The van der Waals surface area contributed by atoms with Gasteiger partial charge in [0.15, 0.2) is 5.52 Å². The Labute approximate surface area is 189 Å². The number of hydrogen-bond donors (Lipinski definition) is 0. The van der Waals surface area contributed by atoms with Crippen molar-refractivity contribution in [1.82, 2.24) is 9.38 Å². The van der Waals surface area contributed by atoms with E-state index in [1.165, 1.54) is 59.9 Å². The second-order valence-electron chi connectivity index (χ2n) is 10.8. The van der Waals surface area contributed by atoms with E-state index in [2.05, 4.69) is 98.9 Å². The van der Waals surface area contributed by atoms with Gasteiger partial charge in [-0.1, -0.05) is 62.9 Å². The molecule has 0 aliphatic heterocycles. The second kappa shape index (κ2) is 6.29. The molecular weight excluding hydrogens is 406 g/mol. The van der Waals surface area contributed by atoms with E-state index in [0.29, 0.717) is 5.92 Å². The predicted octanol–water partition coefficient (Wildman–Crippen LogP) is 6.19. The van der Waals surface area contributed by atoms with Gasteiger partial charge in [-0.25, -0.2) is 4.57 Å². The minimum absolute atomic E-state index is 0.495. The summed E-state index contributed by atoms with van der Waals surface area (Å²) in [6, 6.07) is 16.5. The molecule has 0 bridgehead atoms. The van der Waals surface area contributed by atoms with Crippen molar-refractivity contribution >= 4 is 62.4 Å². The number of pyridine rings is 1. The lowest BCUT2D eigenvalue weighted by molar-refractivity contribution is -0.646. The molecule has 6 aromatic rings. The number of benzene rings is 3. The first-order valence-electron chi connectivity index (χ1n) is 11.6. The van der Waals surface area contributed by atoms with Gasteiger partial charge in [0.05, 0.1) is 37.1 Å². The second-order valence-corrected chi connectivity index (χ2v) is 15.8. The zero-order valence-electron chi connectivity index (χ0n) is 20.0. The molecule has 3 heterocycles. The molecule has 6 rings (SSSR count). The van der Waals surface area contributed by atoms with Gasteiger partial charge in [-0.15, -0.1) is 0 Å². The van der Waals surface area contributed by atoms with Gasteiger partial charge >= 0.3 is 0 Å². The molecule has 0 radical (unpaired) electrons. The third kappa shape index (κ3) is 2.47. The minimum Gasteiger partial charge on any atom is -0.308 e. The first-order chi connectivity index (χ1) is 15.2. The number of hydrogen-bond acceptors (Lipinski definition) is 1. The summed E-state index contributed by atoms with van der Waals surface area (Å²) in [6.45, 7) is 14.1. The van der Waals surface area contributed by atoms with Gasteiger partial charge in [0.25, 0.3) is 6.33 Å². The van der Waals surface area contributed by atoms with Crippen LogP contribution in [0.2, 0.25) is 19.6 Å². The van der Waals surface area contributed by atoms with E-state index in [-0.39, 0.29) is 0 Å². The Kier molecular flexibility index (Phi) is 3.87. The summed E-state index contributed by atoms with van der Waals surface area (Å²) < 4.78 is 4.75. The quantitative estimate of drug-likeness (QED) is 0.137. The summed E-state index contributed by atoms with van der Waals surface area (Å²) in [6.07, 6.45) is 1.99. The molecule has 0 aliphatic carbocycles. The van der Waals surface area contributed by atoms with Crippen molar-refractivity contribution in [3.8, 4) is 0 Å². The molecule has 0 atom stereocenters. The summed E-state index contributed by atoms with van der Waals surface area (Å²) >= 11 is 0. The van der Waals surface area contributed by atoms with Crippen LogP contribution in [0.15, 0.2) is 48.8 Å². The van der Waals surface area contributed by atoms with E-state index >= 15 is 0 Å². The lowest BCUT2D eigenvalue weighted by atomic mass is 10.00. The van der Waals surface area contributed by atoms with Crippen LogP contribution in [-0.4, -0.2) is 17.5 Å². The summed E-state index contributed by atoms with van der Waals surface area (Å²) in [4.78, 5) is 4.91. The molecule has 4 heteroatoms. The first-order valence-corrected chi connectivity index (χ1v) is 15.1. The number of rotatable bonds is 2. The van der Waals surface area contributed by atoms with Gasteiger partial charge in [0.1, 0.15) is 5.52 Å². The minimum atomic E-state index is -1.53. The van der Waals surface area contributed by atoms with Crippen LogP contribution < -0.4 is 9.75 Å². The summed E-state index contributed by atoms with van der Waals surface area (Å²) in [5, 5.41) is 6.74. The monoisotopic (exact) mass is 436 g/mol. The maximum Gasteiger partial charge on any atom is 0.287 e. The molecule has 0 saturated heterocycles. The zero-order valence-corrected chi connectivity index (χ0v) is 21.0. The van der Waals surface area contributed by atoms with Crippen LogP contribution >= 0.6 is 0 Å². The predicted molar refractivity (Wildman–Crippen MR) is 139 cm³/mol. The number of aryl methyl sites for hydroxylation is 2. The van der Waals surface area contributed by atoms with Gasteiger partial charge in [-0.2, -0.15) is 0 Å². The van der Waals surface area contributed by atoms with Crippen molar-refractivity contribution in [1.29, 1.82) is 0 Å². The van der Waals surface area contributed by atoms with Crippen molar-refractivity contribution < 1.29 is 4.57 Å². The van der Waals surface area contributed by atoms with Crippen molar-refractivity contribution in [3.05, 3.63) is 59.9 Å². The summed E-state index contributed by atoms with van der Waals surface area (Å²) in [5.41, 5.74) is 9.03. The van der Waals surface area contributed by atoms with Crippen LogP contribution in [0.4, 0.5) is 0 Å². The van der Waals surface area contributed by atoms with Gasteiger partial charge in [0, 0.05) is 16.2 Å². The molecule has 0 unspecified atom stereocenters. The number of nitrogens with zero attached hydrogens (tertiary/aromatic N) is 3. The van der Waals surface area contributed by atoms with E-state index in [4.69, 9.17) is 4.98 Å². The van der Waals surface area contributed by atoms with Crippen LogP contribution in [0, 0.1) is 6.92 Å². The van der Waals surface area contributed by atoms with Crippen LogP contribution in [0.5, 0.6) is 0 Å². The lowest BCUT2D eigenvalue weighted by Crippen LogP contribution is -2.38. The molecule has 3 aromatic carbocycles. The fraction of sp³-hybridized carbons (Fsp3) is 0.286. The maximum absolute atomic E-state index is 4.91. The molecule has 0 amide bonds. The van der Waals surface area contributed by atoms with E-state index in [0.717, 1.165) is 5.52 Å². The summed E-state index contributed by atoms with van der Waals surface area (Å²) in [5.74, 6) is 0.495. The fourth-order valence-corrected chi connectivity index (χ4v) is 6.52. The Hall–Kier alpha value is -2.98. The average Bonchev–Trinajstić information content (AvgIpc) is 3.07. The Morgan fingerprint density at radius 1 is 0.906 bits per heavy atom. The molecule has 0 N–H and O–H groups in total. The fourth-order valence-electron chi connectivity index (χ4n) is 5.38. The summed E-state index contributed by atoms with van der Waals surface area (Å²) in [7, 11) is 0.604. The largest absolute Gasteiger partial charge is 0.308 e. The average molecular weight is 437 g/mol. The Morgan fingerprint density at radius 3 is 2.38 bits per heavy atom. The third-order valence-electron chi connectivity index (χ3n) is 7.23. The smallest absolute Gasteiger partial charge is 0.287 e. The third-order valence-corrected chi connectivity index (χ3v) is 9.25. The van der Waals surface area contributed by atoms with Crippen LogP contribution in [0.3, 0.4) is 0 Å². The molecule has 0 aliphatic rings. The molecule has 32 heavy (non-hydrogen) atoms. The van der Waals surface area contributed by atoms with E-state index < -0.39 is 8.07 Å². The van der Waals surface area contributed by atoms with Gasteiger partial charge in [-0.05, 0) is 47.2 Å². The lowest BCUT2D eigenvalue weighted by Gasteiger charge is -2.19. The highest BCUT2D eigenvalue weighted by Gasteiger charge is 2.26. The molecule has 3 nitrogen and oxygen atoms in total. The number of aromatic nitrogens is 3. The van der Waals surface area contributed by atoms with Crippen molar-refractivity contribution in [2.45, 2.75) is 46.3 Å². The van der Waals surface area contributed by atoms with E-state index in [1.807, 2.05) is 6.33 Å². The molecular formula is C28H30N3Si+. The van der Waals surface area contributed by atoms with Crippen molar-refractivity contribution in [3.63, 3.8) is 0 Å². The van der Waals surface area contributed by atoms with Crippen LogP contribution in [-0.2, 0) is 7.05 Å². The molecule has 0 saturated carbocycles. The highest BCUT2D eigenvalue weighted by Crippen LogP contribution is 2.40. The zero-order chi connectivity index (χ0) is 22.5. The van der Waals surface area contributed by atoms with Gasteiger partial charge in [0.2, 0.25) is 0 Å². The molecule has 3 aromatic heterocycles. The van der Waals surface area contributed by atoms with Gasteiger partial charge in [-0.3, -0.25) is 0 Å². The Morgan fingerprint density at radius 2 is 1.66 bits per heavy atom. The maximum atomic E-state index is 4.91. The van der Waals surface area contributed by atoms with E-state index in [9.17, 15) is 0 Å². The van der Waals surface area contributed by atoms with Crippen LogP contribution in [0.25, 0.3) is 49.1 Å². The topological polar surface area (TPSA) is 21.2 Å². The highest BCUT2D eigenvalue weighted by molar-refractivity contribution is 6.89. The Bertz CT molecular complexity index is 1700. The highest BCUT2D eigenvalue weighted by atomic mass is 28.3. The van der Waals surface area contributed by atoms with E-state index in [1.54, 1.807) is 0 Å². The molecule has 0 spiro atoms. The number of fused-ring (bicyclic) bond motifs is 5. The standard InChI is InChI=1S/C28H30N3Si/c1-16(2)18-9-11-20-21-10-8-17(3)25-27(21)31(23(20)12-18)24-14-19(32(5,6)7)13-22-26(24)28(25)30(4)15-29-22/h8-16H,1-7H3/q+1. The normalized spacial score (nSPS) is 13.1. The molecule has 0 fully saturated rings. The first kappa shape index (κ1) is 19.7. The van der Waals surface area contributed by atoms with Crippen molar-refractivity contribution in [2.24, 2.45) is 7.05 Å². The Balaban J connectivity index is 2.02.